The minimum atomic E-state index is -1.46. The minimum absolute atomic E-state index is 0.893. The second kappa shape index (κ2) is 3.84. The molecule has 1 saturated heterocycles. The molecule has 1 rings (SSSR count). The Kier molecular flexibility index (Phi) is 3.38. The average molecular weight is 217 g/mol. The van der Waals surface area contributed by atoms with Crippen LogP contribution < -0.4 is 0 Å². The Morgan fingerprint density at radius 2 is 2.00 bits per heavy atom. The van der Waals surface area contributed by atoms with Gasteiger partial charge in [0.1, 0.15) is 8.24 Å². The van der Waals surface area contributed by atoms with Crippen LogP contribution in [0.1, 0.15) is 13.3 Å². The van der Waals surface area contributed by atoms with Crippen molar-refractivity contribution in [3.8, 4) is 0 Å². The molecule has 1 aliphatic rings. The van der Waals surface area contributed by atoms with Crippen molar-refractivity contribution in [1.82, 2.24) is 4.23 Å². The van der Waals surface area contributed by atoms with Crippen LogP contribution in [0.5, 0.6) is 0 Å². The van der Waals surface area contributed by atoms with Crippen LogP contribution in [0.4, 0.5) is 0 Å². The van der Waals surface area contributed by atoms with E-state index in [2.05, 4.69) is 37.3 Å². The van der Waals surface area contributed by atoms with Crippen LogP contribution in [0.25, 0.3) is 0 Å². The summed E-state index contributed by atoms with van der Waals surface area (Å²) < 4.78 is 8.78. The Morgan fingerprint density at radius 3 is 2.46 bits per heavy atom. The highest BCUT2D eigenvalue weighted by atomic mass is 28.4. The van der Waals surface area contributed by atoms with Gasteiger partial charge in [-0.2, -0.15) is 0 Å². The van der Waals surface area contributed by atoms with Gasteiger partial charge < -0.3 is 8.66 Å². The van der Waals surface area contributed by atoms with E-state index in [-0.39, 0.29) is 0 Å². The minimum Gasteiger partial charge on any atom is -0.404 e. The molecular weight excluding hydrogens is 194 g/mol. The maximum atomic E-state index is 6.03. The molecule has 1 atom stereocenters. The molecule has 0 bridgehead atoms. The van der Waals surface area contributed by atoms with Crippen LogP contribution in [0, 0.1) is 0 Å². The molecule has 0 aromatic carbocycles. The van der Waals surface area contributed by atoms with Crippen molar-refractivity contribution < 1.29 is 4.43 Å². The maximum absolute atomic E-state index is 6.03. The molecule has 1 heterocycles. The number of rotatable bonds is 3. The van der Waals surface area contributed by atoms with Crippen LogP contribution in [0.15, 0.2) is 0 Å². The SMILES string of the molecule is CCO[Si]1(C)CCCN1[Si](C)(C)C. The molecule has 4 heteroatoms. The Labute approximate surface area is 84.6 Å². The van der Waals surface area contributed by atoms with Gasteiger partial charge >= 0.3 is 0 Å². The summed E-state index contributed by atoms with van der Waals surface area (Å²) in [6, 6.07) is 1.34. The smallest absolute Gasteiger partial charge is 0.261 e. The van der Waals surface area contributed by atoms with Crippen LogP contribution in [-0.4, -0.2) is 34.1 Å². The molecule has 0 saturated carbocycles. The Balaban J connectivity index is 2.73. The van der Waals surface area contributed by atoms with Crippen LogP contribution in [0.3, 0.4) is 0 Å². The maximum Gasteiger partial charge on any atom is 0.261 e. The molecule has 1 aliphatic heterocycles. The topological polar surface area (TPSA) is 12.5 Å². The first-order chi connectivity index (χ1) is 5.90. The van der Waals surface area contributed by atoms with Gasteiger partial charge in [0.2, 0.25) is 0 Å². The van der Waals surface area contributed by atoms with Crippen molar-refractivity contribution in [1.29, 1.82) is 0 Å². The van der Waals surface area contributed by atoms with E-state index in [1.54, 1.807) is 0 Å². The summed E-state index contributed by atoms with van der Waals surface area (Å²) in [4.78, 5) is 0. The highest BCUT2D eigenvalue weighted by molar-refractivity contribution is 6.88. The van der Waals surface area contributed by atoms with E-state index in [4.69, 9.17) is 4.43 Å². The molecule has 0 aliphatic carbocycles. The Hall–Kier alpha value is 0.354. The molecule has 0 radical (unpaired) electrons. The van der Waals surface area contributed by atoms with Gasteiger partial charge in [0.05, 0.1) is 0 Å². The number of hydrogen-bond acceptors (Lipinski definition) is 2. The number of hydrogen-bond donors (Lipinski definition) is 0. The molecule has 13 heavy (non-hydrogen) atoms. The summed E-state index contributed by atoms with van der Waals surface area (Å²) >= 11 is 0. The summed E-state index contributed by atoms with van der Waals surface area (Å²) in [7, 11) is -2.58. The predicted molar refractivity (Wildman–Crippen MR) is 62.7 cm³/mol. The summed E-state index contributed by atoms with van der Waals surface area (Å²) in [6.07, 6.45) is 1.35. The van der Waals surface area contributed by atoms with Crippen LogP contribution in [0.2, 0.25) is 32.2 Å². The first-order valence-corrected chi connectivity index (χ1v) is 11.3. The van der Waals surface area contributed by atoms with E-state index < -0.39 is 16.7 Å². The quantitative estimate of drug-likeness (QED) is 0.674. The molecule has 0 N–H and O–H groups in total. The third kappa shape index (κ3) is 2.43. The second-order valence-corrected chi connectivity index (χ2v) is 14.0. The normalized spacial score (nSPS) is 31.2. The Morgan fingerprint density at radius 1 is 1.38 bits per heavy atom. The largest absolute Gasteiger partial charge is 0.404 e. The molecule has 0 amide bonds. The van der Waals surface area contributed by atoms with E-state index in [1.807, 2.05) is 0 Å². The van der Waals surface area contributed by atoms with Gasteiger partial charge in [0, 0.05) is 6.61 Å². The van der Waals surface area contributed by atoms with E-state index in [0.29, 0.717) is 0 Å². The van der Waals surface area contributed by atoms with Crippen LogP contribution in [-0.2, 0) is 4.43 Å². The van der Waals surface area contributed by atoms with Gasteiger partial charge in [-0.3, -0.25) is 0 Å². The van der Waals surface area contributed by atoms with Gasteiger partial charge in [-0.1, -0.05) is 19.6 Å². The van der Waals surface area contributed by atoms with Gasteiger partial charge in [-0.25, -0.2) is 0 Å². The lowest BCUT2D eigenvalue weighted by Crippen LogP contribution is -2.60. The fraction of sp³-hybridized carbons (Fsp3) is 1.00. The fourth-order valence-electron chi connectivity index (χ4n) is 2.44. The number of nitrogens with zero attached hydrogens (tertiary/aromatic N) is 1. The first-order valence-electron chi connectivity index (χ1n) is 5.32. The average Bonchev–Trinajstić information content (AvgIpc) is 2.30. The molecule has 0 spiro atoms. The zero-order chi connectivity index (χ0) is 10.1. The van der Waals surface area contributed by atoms with Crippen molar-refractivity contribution in [3.05, 3.63) is 0 Å². The highest BCUT2D eigenvalue weighted by Gasteiger charge is 2.46. The highest BCUT2D eigenvalue weighted by Crippen LogP contribution is 2.31. The van der Waals surface area contributed by atoms with Crippen molar-refractivity contribution in [2.45, 2.75) is 45.6 Å². The van der Waals surface area contributed by atoms with E-state index in [9.17, 15) is 0 Å². The van der Waals surface area contributed by atoms with E-state index in [1.165, 1.54) is 19.0 Å². The third-order valence-corrected chi connectivity index (χ3v) is 11.7. The molecular formula is C9H23NOSi2. The van der Waals surface area contributed by atoms with Crippen LogP contribution >= 0.6 is 0 Å². The molecule has 2 nitrogen and oxygen atoms in total. The molecule has 78 valence electrons. The van der Waals surface area contributed by atoms with Gasteiger partial charge in [-0.05, 0) is 32.5 Å². The molecule has 0 aromatic heterocycles. The second-order valence-electron chi connectivity index (χ2n) is 5.03. The Bertz CT molecular complexity index is 181. The summed E-state index contributed by atoms with van der Waals surface area (Å²) in [5.74, 6) is 0. The molecule has 1 fully saturated rings. The molecule has 0 aromatic rings. The fourth-order valence-corrected chi connectivity index (χ4v) is 12.1. The van der Waals surface area contributed by atoms with Crippen molar-refractivity contribution >= 4 is 16.7 Å². The van der Waals surface area contributed by atoms with Crippen molar-refractivity contribution in [3.63, 3.8) is 0 Å². The van der Waals surface area contributed by atoms with E-state index >= 15 is 0 Å². The van der Waals surface area contributed by atoms with E-state index in [0.717, 1.165) is 6.61 Å². The lowest BCUT2D eigenvalue weighted by Gasteiger charge is -2.41. The lowest BCUT2D eigenvalue weighted by molar-refractivity contribution is 0.300. The van der Waals surface area contributed by atoms with Gasteiger partial charge in [-0.15, -0.1) is 0 Å². The van der Waals surface area contributed by atoms with Gasteiger partial charge in [0.15, 0.2) is 0 Å². The van der Waals surface area contributed by atoms with Gasteiger partial charge in [0.25, 0.3) is 8.48 Å². The zero-order valence-corrected chi connectivity index (χ0v) is 11.7. The molecule has 1 unspecified atom stereocenters. The summed E-state index contributed by atoms with van der Waals surface area (Å²) in [6.45, 7) is 14.0. The third-order valence-electron chi connectivity index (χ3n) is 2.86. The first kappa shape index (κ1) is 11.4. The monoisotopic (exact) mass is 217 g/mol. The lowest BCUT2D eigenvalue weighted by atomic mass is 10.5. The summed E-state index contributed by atoms with van der Waals surface area (Å²) in [5.41, 5.74) is 0. The zero-order valence-electron chi connectivity index (χ0n) is 9.68. The predicted octanol–water partition coefficient (Wildman–Crippen LogP) is 2.64. The van der Waals surface area contributed by atoms with Crippen molar-refractivity contribution in [2.24, 2.45) is 0 Å². The standard InChI is InChI=1S/C9H23NOSi2/c1-6-11-13(5)9-7-8-10(13)12(2,3)4/h6-9H2,1-5H3. The summed E-state index contributed by atoms with van der Waals surface area (Å²) in [5, 5.41) is 0. The van der Waals surface area contributed by atoms with Crippen molar-refractivity contribution in [2.75, 3.05) is 13.2 Å².